The number of aliphatic carboxylic acids is 1. The summed E-state index contributed by atoms with van der Waals surface area (Å²) < 4.78 is 0. The first-order valence-corrected chi connectivity index (χ1v) is 6.19. The predicted octanol–water partition coefficient (Wildman–Crippen LogP) is 0.733. The van der Waals surface area contributed by atoms with Gasteiger partial charge in [-0.05, 0) is 45.8 Å². The van der Waals surface area contributed by atoms with Crippen molar-refractivity contribution in [3.05, 3.63) is 0 Å². The van der Waals surface area contributed by atoms with Gasteiger partial charge in [-0.25, -0.2) is 0 Å². The molecule has 2 fully saturated rings. The molecule has 92 valence electrons. The highest BCUT2D eigenvalue weighted by Crippen LogP contribution is 2.39. The summed E-state index contributed by atoms with van der Waals surface area (Å²) in [4.78, 5) is 15.5. The molecule has 2 rings (SSSR count). The molecular formula is C12H22N2O2. The molecule has 0 aromatic carbocycles. The van der Waals surface area contributed by atoms with Crippen LogP contribution >= 0.6 is 0 Å². The highest BCUT2D eigenvalue weighted by molar-refractivity contribution is 5.73. The lowest BCUT2D eigenvalue weighted by atomic mass is 10.0. The van der Waals surface area contributed by atoms with Crippen LogP contribution in [-0.4, -0.2) is 60.6 Å². The van der Waals surface area contributed by atoms with Crippen molar-refractivity contribution in [2.75, 3.05) is 33.7 Å². The van der Waals surface area contributed by atoms with E-state index in [0.717, 1.165) is 26.1 Å². The van der Waals surface area contributed by atoms with Crippen molar-refractivity contribution in [1.82, 2.24) is 9.80 Å². The Labute approximate surface area is 97.2 Å². The maximum atomic E-state index is 10.8. The second-order valence-electron chi connectivity index (χ2n) is 5.46. The first-order valence-electron chi connectivity index (χ1n) is 6.19. The van der Waals surface area contributed by atoms with Gasteiger partial charge in [0.15, 0.2) is 0 Å². The zero-order chi connectivity index (χ0) is 11.7. The highest BCUT2D eigenvalue weighted by atomic mass is 16.4. The molecule has 0 radical (unpaired) electrons. The van der Waals surface area contributed by atoms with Gasteiger partial charge >= 0.3 is 5.97 Å². The fraction of sp³-hybridized carbons (Fsp3) is 0.917. The van der Waals surface area contributed by atoms with Crippen LogP contribution in [0.1, 0.15) is 19.3 Å². The van der Waals surface area contributed by atoms with Gasteiger partial charge in [-0.1, -0.05) is 0 Å². The van der Waals surface area contributed by atoms with Crippen LogP contribution in [0.3, 0.4) is 0 Å². The second kappa shape index (κ2) is 4.72. The Kier molecular flexibility index (Phi) is 3.50. The van der Waals surface area contributed by atoms with Crippen molar-refractivity contribution in [2.45, 2.75) is 25.3 Å². The van der Waals surface area contributed by atoms with Crippen LogP contribution in [0.4, 0.5) is 0 Å². The van der Waals surface area contributed by atoms with Crippen molar-refractivity contribution in [3.8, 4) is 0 Å². The maximum Gasteiger partial charge on any atom is 0.306 e. The molecule has 4 nitrogen and oxygen atoms in total. The van der Waals surface area contributed by atoms with Crippen molar-refractivity contribution in [2.24, 2.45) is 11.8 Å². The minimum atomic E-state index is -0.605. The number of carboxylic acid groups (broad SMARTS) is 1. The Bertz CT molecular complexity index is 268. The van der Waals surface area contributed by atoms with Gasteiger partial charge in [0.1, 0.15) is 0 Å². The third-order valence-electron chi connectivity index (χ3n) is 3.94. The average Bonchev–Trinajstić information content (AvgIpc) is 2.97. The van der Waals surface area contributed by atoms with Gasteiger partial charge in [-0.3, -0.25) is 4.79 Å². The van der Waals surface area contributed by atoms with Gasteiger partial charge < -0.3 is 14.9 Å². The second-order valence-corrected chi connectivity index (χ2v) is 5.46. The summed E-state index contributed by atoms with van der Waals surface area (Å²) in [6, 6.07) is 0.649. The van der Waals surface area contributed by atoms with E-state index in [1.807, 2.05) is 0 Å². The molecule has 16 heavy (non-hydrogen) atoms. The van der Waals surface area contributed by atoms with Crippen LogP contribution in [-0.2, 0) is 4.79 Å². The smallest absolute Gasteiger partial charge is 0.306 e. The number of hydrogen-bond donors (Lipinski definition) is 1. The summed E-state index contributed by atoms with van der Waals surface area (Å²) >= 11 is 0. The largest absolute Gasteiger partial charge is 0.481 e. The minimum Gasteiger partial charge on any atom is -0.481 e. The third kappa shape index (κ3) is 2.74. The fourth-order valence-electron chi connectivity index (χ4n) is 2.70. The molecule has 1 aliphatic carbocycles. The van der Waals surface area contributed by atoms with Crippen molar-refractivity contribution < 1.29 is 9.90 Å². The van der Waals surface area contributed by atoms with Crippen LogP contribution < -0.4 is 0 Å². The molecule has 1 heterocycles. The summed E-state index contributed by atoms with van der Waals surface area (Å²) in [6.07, 6.45) is 3.41. The van der Waals surface area contributed by atoms with Gasteiger partial charge in [0, 0.05) is 19.1 Å². The van der Waals surface area contributed by atoms with E-state index in [4.69, 9.17) is 5.11 Å². The molecule has 0 amide bonds. The van der Waals surface area contributed by atoms with Crippen LogP contribution in [0, 0.1) is 11.8 Å². The number of likely N-dealkylation sites (N-methyl/N-ethyl adjacent to an activating group) is 1. The maximum absolute atomic E-state index is 10.8. The van der Waals surface area contributed by atoms with Gasteiger partial charge in [0.25, 0.3) is 0 Å². The Morgan fingerprint density at radius 2 is 2.25 bits per heavy atom. The molecule has 3 unspecified atom stereocenters. The number of rotatable bonds is 4. The number of hydrogen-bond acceptors (Lipinski definition) is 3. The zero-order valence-corrected chi connectivity index (χ0v) is 10.2. The van der Waals surface area contributed by atoms with E-state index < -0.39 is 5.97 Å². The van der Waals surface area contributed by atoms with Gasteiger partial charge in [0.2, 0.25) is 0 Å². The normalized spacial score (nSPS) is 35.3. The lowest BCUT2D eigenvalue weighted by molar-refractivity contribution is -0.138. The van der Waals surface area contributed by atoms with Gasteiger partial charge in [-0.2, -0.15) is 0 Å². The van der Waals surface area contributed by atoms with Crippen molar-refractivity contribution >= 4 is 5.97 Å². The molecule has 0 spiro atoms. The molecule has 0 aromatic heterocycles. The SMILES string of the molecule is CN(C)C1CCCN(CC2CC2C(=O)O)C1. The lowest BCUT2D eigenvalue weighted by Crippen LogP contribution is -2.45. The minimum absolute atomic E-state index is 0.0558. The van der Waals surface area contributed by atoms with E-state index >= 15 is 0 Å². The van der Waals surface area contributed by atoms with Crippen LogP contribution in [0.5, 0.6) is 0 Å². The summed E-state index contributed by atoms with van der Waals surface area (Å²) in [5.41, 5.74) is 0. The summed E-state index contributed by atoms with van der Waals surface area (Å²) in [7, 11) is 4.26. The van der Waals surface area contributed by atoms with Crippen molar-refractivity contribution in [1.29, 1.82) is 0 Å². The van der Waals surface area contributed by atoms with Gasteiger partial charge in [-0.15, -0.1) is 0 Å². The van der Waals surface area contributed by atoms with E-state index in [1.54, 1.807) is 0 Å². The Morgan fingerprint density at radius 1 is 1.50 bits per heavy atom. The Morgan fingerprint density at radius 3 is 2.81 bits per heavy atom. The van der Waals surface area contributed by atoms with E-state index in [9.17, 15) is 4.79 Å². The summed E-state index contributed by atoms with van der Waals surface area (Å²) in [6.45, 7) is 3.24. The number of nitrogens with zero attached hydrogens (tertiary/aromatic N) is 2. The third-order valence-corrected chi connectivity index (χ3v) is 3.94. The van der Waals surface area contributed by atoms with E-state index in [1.165, 1.54) is 12.8 Å². The predicted molar refractivity (Wildman–Crippen MR) is 62.4 cm³/mol. The fourth-order valence-corrected chi connectivity index (χ4v) is 2.70. The molecule has 1 saturated heterocycles. The molecule has 4 heteroatoms. The molecule has 1 saturated carbocycles. The number of likely N-dealkylation sites (tertiary alicyclic amines) is 1. The van der Waals surface area contributed by atoms with Crippen LogP contribution in [0.2, 0.25) is 0 Å². The molecule has 0 aromatic rings. The van der Waals surface area contributed by atoms with E-state index in [2.05, 4.69) is 23.9 Å². The molecule has 3 atom stereocenters. The first kappa shape index (κ1) is 11.9. The Hall–Kier alpha value is -0.610. The highest BCUT2D eigenvalue weighted by Gasteiger charge is 2.44. The lowest BCUT2D eigenvalue weighted by Gasteiger charge is -2.36. The number of carbonyl (C=O) groups is 1. The monoisotopic (exact) mass is 226 g/mol. The van der Waals surface area contributed by atoms with E-state index in [0.29, 0.717) is 12.0 Å². The molecular weight excluding hydrogens is 204 g/mol. The number of piperidine rings is 1. The quantitative estimate of drug-likeness (QED) is 0.767. The summed E-state index contributed by atoms with van der Waals surface area (Å²) in [5.74, 6) is -0.246. The van der Waals surface area contributed by atoms with Crippen molar-refractivity contribution in [3.63, 3.8) is 0 Å². The zero-order valence-electron chi connectivity index (χ0n) is 10.2. The van der Waals surface area contributed by atoms with E-state index in [-0.39, 0.29) is 5.92 Å². The molecule has 1 N–H and O–H groups in total. The average molecular weight is 226 g/mol. The first-order chi connectivity index (χ1) is 7.58. The van der Waals surface area contributed by atoms with Crippen LogP contribution in [0.15, 0.2) is 0 Å². The standard InChI is InChI=1S/C12H22N2O2/c1-13(2)10-4-3-5-14(8-10)7-9-6-11(9)12(15)16/h9-11H,3-8H2,1-2H3,(H,15,16). The molecule has 2 aliphatic rings. The van der Waals surface area contributed by atoms with Gasteiger partial charge in [0.05, 0.1) is 5.92 Å². The summed E-state index contributed by atoms with van der Waals surface area (Å²) in [5, 5.41) is 8.87. The topological polar surface area (TPSA) is 43.8 Å². The Balaban J connectivity index is 1.76. The molecule has 1 aliphatic heterocycles. The van der Waals surface area contributed by atoms with Crippen LogP contribution in [0.25, 0.3) is 0 Å². The number of carboxylic acids is 1. The molecule has 0 bridgehead atoms.